The van der Waals surface area contributed by atoms with Crippen LogP contribution >= 0.6 is 0 Å². The summed E-state index contributed by atoms with van der Waals surface area (Å²) in [6.45, 7) is 5.06. The van der Waals surface area contributed by atoms with Crippen molar-refractivity contribution < 1.29 is 22.7 Å². The van der Waals surface area contributed by atoms with Crippen LogP contribution in [-0.4, -0.2) is 44.4 Å². The van der Waals surface area contributed by atoms with Crippen molar-refractivity contribution >= 4 is 15.9 Å². The van der Waals surface area contributed by atoms with Crippen molar-refractivity contribution in [1.29, 1.82) is 0 Å². The summed E-state index contributed by atoms with van der Waals surface area (Å²) in [6, 6.07) is 11.5. The average molecular weight is 445 g/mol. The number of amides is 1. The van der Waals surface area contributed by atoms with Crippen molar-refractivity contribution in [1.82, 2.24) is 9.62 Å². The molecular weight excluding hydrogens is 416 g/mol. The first-order valence-electron chi connectivity index (χ1n) is 10.5. The summed E-state index contributed by atoms with van der Waals surface area (Å²) in [5, 5.41) is 3.08. The standard InChI is InChI=1S/C23H28N2O5S/c1-23(2)15-20(19-11-8-17(29-3)14-21(19)30-23)24-22(26)16-6-9-18(10-7-16)31(27,28)25-12-4-5-13-25/h6-11,14,20H,4-5,12-13,15H2,1-3H3,(H,24,26). The molecule has 7 nitrogen and oxygen atoms in total. The summed E-state index contributed by atoms with van der Waals surface area (Å²) in [7, 11) is -1.90. The van der Waals surface area contributed by atoms with Gasteiger partial charge in [-0.05, 0) is 63.1 Å². The molecule has 1 N–H and O–H groups in total. The van der Waals surface area contributed by atoms with Gasteiger partial charge < -0.3 is 14.8 Å². The van der Waals surface area contributed by atoms with E-state index in [0.717, 1.165) is 18.4 Å². The lowest BCUT2D eigenvalue weighted by Gasteiger charge is -2.38. The van der Waals surface area contributed by atoms with E-state index in [1.54, 1.807) is 19.2 Å². The zero-order valence-corrected chi connectivity index (χ0v) is 18.9. The molecule has 2 heterocycles. The molecule has 0 bridgehead atoms. The molecule has 2 aromatic rings. The summed E-state index contributed by atoms with van der Waals surface area (Å²) >= 11 is 0. The van der Waals surface area contributed by atoms with E-state index in [-0.39, 0.29) is 16.8 Å². The fourth-order valence-electron chi connectivity index (χ4n) is 4.18. The summed E-state index contributed by atoms with van der Waals surface area (Å²) in [5.41, 5.74) is 0.853. The Morgan fingerprint density at radius 1 is 1.13 bits per heavy atom. The average Bonchev–Trinajstić information content (AvgIpc) is 3.28. The van der Waals surface area contributed by atoms with E-state index in [1.165, 1.54) is 16.4 Å². The normalized spacial score (nSPS) is 20.5. The molecule has 1 amide bonds. The van der Waals surface area contributed by atoms with Gasteiger partial charge in [-0.2, -0.15) is 4.31 Å². The maximum atomic E-state index is 12.9. The third-order valence-electron chi connectivity index (χ3n) is 5.80. The lowest BCUT2D eigenvalue weighted by atomic mass is 9.89. The molecule has 4 rings (SSSR count). The van der Waals surface area contributed by atoms with E-state index < -0.39 is 15.6 Å². The Labute approximate surface area is 183 Å². The number of carbonyl (C=O) groups is 1. The van der Waals surface area contributed by atoms with E-state index in [4.69, 9.17) is 9.47 Å². The van der Waals surface area contributed by atoms with Crippen molar-refractivity contribution in [2.45, 2.75) is 49.6 Å². The highest BCUT2D eigenvalue weighted by atomic mass is 32.2. The number of fused-ring (bicyclic) bond motifs is 1. The van der Waals surface area contributed by atoms with Crippen LogP contribution in [0, 0.1) is 0 Å². The Morgan fingerprint density at radius 3 is 2.45 bits per heavy atom. The second-order valence-electron chi connectivity index (χ2n) is 8.63. The Balaban J connectivity index is 1.53. The minimum atomic E-state index is -3.50. The van der Waals surface area contributed by atoms with Crippen molar-refractivity contribution in [3.8, 4) is 11.5 Å². The molecule has 2 aliphatic heterocycles. The number of sulfonamides is 1. The number of benzene rings is 2. The molecule has 31 heavy (non-hydrogen) atoms. The summed E-state index contributed by atoms with van der Waals surface area (Å²) < 4.78 is 38.3. The maximum Gasteiger partial charge on any atom is 0.251 e. The minimum Gasteiger partial charge on any atom is -0.497 e. The zero-order valence-electron chi connectivity index (χ0n) is 18.1. The number of nitrogens with one attached hydrogen (secondary N) is 1. The molecule has 0 aliphatic carbocycles. The SMILES string of the molecule is COc1ccc2c(c1)OC(C)(C)CC2NC(=O)c1ccc(S(=O)(=O)N2CCCC2)cc1. The molecule has 1 saturated heterocycles. The van der Waals surface area contributed by atoms with Crippen molar-refractivity contribution in [2.24, 2.45) is 0 Å². The van der Waals surface area contributed by atoms with Crippen LogP contribution in [0.4, 0.5) is 0 Å². The molecule has 0 aromatic heterocycles. The Hall–Kier alpha value is -2.58. The lowest BCUT2D eigenvalue weighted by Crippen LogP contribution is -2.41. The Bertz CT molecular complexity index is 1070. The highest BCUT2D eigenvalue weighted by Gasteiger charge is 2.35. The van der Waals surface area contributed by atoms with Crippen LogP contribution < -0.4 is 14.8 Å². The lowest BCUT2D eigenvalue weighted by molar-refractivity contribution is 0.0617. The van der Waals surface area contributed by atoms with Gasteiger partial charge in [-0.15, -0.1) is 0 Å². The molecular formula is C23H28N2O5S. The van der Waals surface area contributed by atoms with Gasteiger partial charge in [0.2, 0.25) is 10.0 Å². The van der Waals surface area contributed by atoms with Crippen LogP contribution in [0.2, 0.25) is 0 Å². The smallest absolute Gasteiger partial charge is 0.251 e. The highest BCUT2D eigenvalue weighted by molar-refractivity contribution is 7.89. The number of methoxy groups -OCH3 is 1. The van der Waals surface area contributed by atoms with Gasteiger partial charge in [-0.3, -0.25) is 4.79 Å². The van der Waals surface area contributed by atoms with Gasteiger partial charge in [0, 0.05) is 36.7 Å². The molecule has 2 aliphatic rings. The Morgan fingerprint density at radius 2 is 1.81 bits per heavy atom. The molecule has 2 aromatic carbocycles. The number of carbonyl (C=O) groups excluding carboxylic acids is 1. The van der Waals surface area contributed by atoms with Crippen LogP contribution in [0.25, 0.3) is 0 Å². The van der Waals surface area contributed by atoms with E-state index in [0.29, 0.717) is 36.6 Å². The molecule has 0 radical (unpaired) electrons. The second-order valence-corrected chi connectivity index (χ2v) is 10.6. The third-order valence-corrected chi connectivity index (χ3v) is 7.72. The largest absolute Gasteiger partial charge is 0.497 e. The summed E-state index contributed by atoms with van der Waals surface area (Å²) in [6.07, 6.45) is 2.38. The molecule has 0 spiro atoms. The topological polar surface area (TPSA) is 84.9 Å². The Kier molecular flexibility index (Phi) is 5.70. The number of nitrogens with zero attached hydrogens (tertiary/aromatic N) is 1. The molecule has 1 unspecified atom stereocenters. The van der Waals surface area contributed by atoms with E-state index >= 15 is 0 Å². The van der Waals surface area contributed by atoms with Crippen molar-refractivity contribution in [3.05, 3.63) is 53.6 Å². The molecule has 8 heteroatoms. The first kappa shape index (κ1) is 21.6. The van der Waals surface area contributed by atoms with Crippen LogP contribution in [-0.2, 0) is 10.0 Å². The molecule has 1 fully saturated rings. The number of ether oxygens (including phenoxy) is 2. The van der Waals surface area contributed by atoms with Gasteiger partial charge in [-0.25, -0.2) is 8.42 Å². The van der Waals surface area contributed by atoms with Crippen LogP contribution in [0.5, 0.6) is 11.5 Å². The first-order chi connectivity index (χ1) is 14.7. The van der Waals surface area contributed by atoms with Gasteiger partial charge >= 0.3 is 0 Å². The molecule has 1 atom stereocenters. The van der Waals surface area contributed by atoms with E-state index in [1.807, 2.05) is 32.0 Å². The molecule has 0 saturated carbocycles. The van der Waals surface area contributed by atoms with Gasteiger partial charge in [0.25, 0.3) is 5.91 Å². The molecule has 166 valence electrons. The zero-order chi connectivity index (χ0) is 22.2. The van der Waals surface area contributed by atoms with Crippen LogP contribution in [0.15, 0.2) is 47.4 Å². The first-order valence-corrected chi connectivity index (χ1v) is 11.9. The van der Waals surface area contributed by atoms with E-state index in [9.17, 15) is 13.2 Å². The predicted molar refractivity (Wildman–Crippen MR) is 117 cm³/mol. The number of hydrogen-bond acceptors (Lipinski definition) is 5. The summed E-state index contributed by atoms with van der Waals surface area (Å²) in [4.78, 5) is 13.2. The van der Waals surface area contributed by atoms with E-state index in [2.05, 4.69) is 5.32 Å². The van der Waals surface area contributed by atoms with Gasteiger partial charge in [0.1, 0.15) is 17.1 Å². The van der Waals surface area contributed by atoms with Gasteiger partial charge in [-0.1, -0.05) is 0 Å². The third kappa shape index (κ3) is 4.41. The minimum absolute atomic E-state index is 0.218. The quantitative estimate of drug-likeness (QED) is 0.763. The van der Waals surface area contributed by atoms with Gasteiger partial charge in [0.05, 0.1) is 18.0 Å². The monoisotopic (exact) mass is 444 g/mol. The maximum absolute atomic E-state index is 12.9. The summed E-state index contributed by atoms with van der Waals surface area (Å²) in [5.74, 6) is 1.12. The van der Waals surface area contributed by atoms with Crippen molar-refractivity contribution in [2.75, 3.05) is 20.2 Å². The van der Waals surface area contributed by atoms with Crippen molar-refractivity contribution in [3.63, 3.8) is 0 Å². The van der Waals surface area contributed by atoms with Crippen LogP contribution in [0.3, 0.4) is 0 Å². The number of hydrogen-bond donors (Lipinski definition) is 1. The fourth-order valence-corrected chi connectivity index (χ4v) is 5.70. The second kappa shape index (κ2) is 8.16. The predicted octanol–water partition coefficient (Wildman–Crippen LogP) is 3.51. The fraction of sp³-hybridized carbons (Fsp3) is 0.435. The van der Waals surface area contributed by atoms with Crippen LogP contribution in [0.1, 0.15) is 55.1 Å². The highest BCUT2D eigenvalue weighted by Crippen LogP contribution is 2.41. The number of rotatable bonds is 5. The van der Waals surface area contributed by atoms with Gasteiger partial charge in [0.15, 0.2) is 0 Å².